The van der Waals surface area contributed by atoms with Crippen LogP contribution in [0.2, 0.25) is 0 Å². The molecule has 0 heterocycles. The van der Waals surface area contributed by atoms with Gasteiger partial charge in [-0.2, -0.15) is 0 Å². The van der Waals surface area contributed by atoms with Gasteiger partial charge in [-0.3, -0.25) is 14.5 Å². The Morgan fingerprint density at radius 2 is 1.54 bits per heavy atom. The maximum atomic E-state index is 12.7. The molecule has 5 heteroatoms. The van der Waals surface area contributed by atoms with E-state index >= 15 is 0 Å². The third kappa shape index (κ3) is 6.45. The molecule has 26 heavy (non-hydrogen) atoms. The lowest BCUT2D eigenvalue weighted by atomic mass is 9.92. The van der Waals surface area contributed by atoms with Gasteiger partial charge in [-0.15, -0.1) is 0 Å². The number of carbonyl (C=O) groups excluding carboxylic acids is 2. The molecule has 1 N–H and O–H groups in total. The van der Waals surface area contributed by atoms with Crippen LogP contribution in [0.4, 0.5) is 5.69 Å². The number of likely N-dealkylation sites (N-methyl/N-ethyl adjacent to an activating group) is 1. The van der Waals surface area contributed by atoms with Crippen LogP contribution < -0.4 is 5.32 Å². The summed E-state index contributed by atoms with van der Waals surface area (Å²) in [6, 6.07) is 6.20. The van der Waals surface area contributed by atoms with Crippen LogP contribution in [-0.2, 0) is 9.59 Å². The zero-order valence-corrected chi connectivity index (χ0v) is 17.4. The Hall–Kier alpha value is -1.88. The number of carbonyl (C=O) groups is 2. The highest BCUT2D eigenvalue weighted by Gasteiger charge is 2.19. The maximum absolute atomic E-state index is 12.7. The minimum absolute atomic E-state index is 0.0108. The Labute approximate surface area is 158 Å². The molecule has 146 valence electrons. The Balaban J connectivity index is 2.96. The van der Waals surface area contributed by atoms with E-state index in [2.05, 4.69) is 58.1 Å². The molecule has 0 aromatic heterocycles. The molecule has 0 atom stereocenters. The predicted molar refractivity (Wildman–Crippen MR) is 109 cm³/mol. The summed E-state index contributed by atoms with van der Waals surface area (Å²) in [5.41, 5.74) is 3.23. The highest BCUT2D eigenvalue weighted by atomic mass is 16.2. The number of para-hydroxylation sites is 1. The molecule has 2 amide bonds. The van der Waals surface area contributed by atoms with Gasteiger partial charge in [0, 0.05) is 19.8 Å². The molecule has 1 rings (SSSR count). The number of nitrogens with zero attached hydrogens (tertiary/aromatic N) is 2. The first-order valence-electron chi connectivity index (χ1n) is 9.52. The van der Waals surface area contributed by atoms with E-state index in [1.807, 2.05) is 4.90 Å². The minimum Gasteiger partial charge on any atom is -0.348 e. The summed E-state index contributed by atoms with van der Waals surface area (Å²) in [7, 11) is 3.47. The number of anilines is 1. The number of hydrogen-bond acceptors (Lipinski definition) is 3. The molecule has 1 aromatic rings. The molecule has 0 bridgehead atoms. The normalized spacial score (nSPS) is 11.3. The number of amides is 2. The van der Waals surface area contributed by atoms with E-state index in [9.17, 15) is 9.59 Å². The summed E-state index contributed by atoms with van der Waals surface area (Å²) in [4.78, 5) is 28.2. The molecule has 0 aliphatic rings. The fourth-order valence-corrected chi connectivity index (χ4v) is 2.94. The van der Waals surface area contributed by atoms with Gasteiger partial charge in [0.2, 0.25) is 11.8 Å². The van der Waals surface area contributed by atoms with Gasteiger partial charge < -0.3 is 10.2 Å². The van der Waals surface area contributed by atoms with Gasteiger partial charge in [-0.1, -0.05) is 52.8 Å². The van der Waals surface area contributed by atoms with Gasteiger partial charge in [0.15, 0.2) is 0 Å². The fourth-order valence-electron chi connectivity index (χ4n) is 2.94. The van der Waals surface area contributed by atoms with Crippen LogP contribution in [0, 0.1) is 0 Å². The first kappa shape index (κ1) is 22.2. The van der Waals surface area contributed by atoms with Crippen molar-refractivity contribution in [2.75, 3.05) is 39.0 Å². The van der Waals surface area contributed by atoms with Crippen LogP contribution in [0.15, 0.2) is 18.2 Å². The van der Waals surface area contributed by atoms with Crippen LogP contribution in [0.5, 0.6) is 0 Å². The Morgan fingerprint density at radius 3 is 1.96 bits per heavy atom. The molecule has 0 aliphatic heterocycles. The van der Waals surface area contributed by atoms with Crippen molar-refractivity contribution in [3.05, 3.63) is 29.3 Å². The predicted octanol–water partition coefficient (Wildman–Crippen LogP) is 3.67. The van der Waals surface area contributed by atoms with Gasteiger partial charge in [-0.25, -0.2) is 0 Å². The second-order valence-electron chi connectivity index (χ2n) is 7.67. The van der Waals surface area contributed by atoms with Gasteiger partial charge in [-0.05, 0) is 35.9 Å². The maximum Gasteiger partial charge on any atom is 0.238 e. The summed E-state index contributed by atoms with van der Waals surface area (Å²) >= 11 is 0. The van der Waals surface area contributed by atoms with E-state index in [4.69, 9.17) is 0 Å². The van der Waals surface area contributed by atoms with Crippen LogP contribution in [0.1, 0.15) is 64.0 Å². The van der Waals surface area contributed by atoms with Crippen molar-refractivity contribution in [1.82, 2.24) is 9.80 Å². The number of benzene rings is 1. The first-order chi connectivity index (χ1) is 12.2. The van der Waals surface area contributed by atoms with Gasteiger partial charge in [0.25, 0.3) is 0 Å². The van der Waals surface area contributed by atoms with Crippen LogP contribution in [0.25, 0.3) is 0 Å². The van der Waals surface area contributed by atoms with Crippen LogP contribution in [-0.4, -0.2) is 55.3 Å². The SMILES string of the molecule is CCCN(CC(=O)Nc1c(C(C)C)cccc1C(C)C)CC(=O)N(C)C. The topological polar surface area (TPSA) is 52.7 Å². The second-order valence-corrected chi connectivity index (χ2v) is 7.67. The zero-order chi connectivity index (χ0) is 19.9. The van der Waals surface area contributed by atoms with Gasteiger partial charge in [0.05, 0.1) is 13.1 Å². The Morgan fingerprint density at radius 1 is 1.00 bits per heavy atom. The molecule has 0 saturated heterocycles. The average molecular weight is 362 g/mol. The van der Waals surface area contributed by atoms with Gasteiger partial charge in [0.1, 0.15) is 0 Å². The lowest BCUT2D eigenvalue weighted by Crippen LogP contribution is -2.41. The number of nitrogens with one attached hydrogen (secondary N) is 1. The van der Waals surface area contributed by atoms with Crippen molar-refractivity contribution in [3.63, 3.8) is 0 Å². The number of hydrogen-bond donors (Lipinski definition) is 1. The van der Waals surface area contributed by atoms with Crippen molar-refractivity contribution >= 4 is 17.5 Å². The largest absolute Gasteiger partial charge is 0.348 e. The molecular weight excluding hydrogens is 326 g/mol. The Kier molecular flexibility index (Phi) is 8.79. The summed E-state index contributed by atoms with van der Waals surface area (Å²) in [6.07, 6.45) is 0.897. The molecular formula is C21H35N3O2. The molecule has 0 aliphatic carbocycles. The summed E-state index contributed by atoms with van der Waals surface area (Å²) < 4.78 is 0. The highest BCUT2D eigenvalue weighted by Crippen LogP contribution is 2.32. The molecule has 1 aromatic carbocycles. The summed E-state index contributed by atoms with van der Waals surface area (Å²) in [6.45, 7) is 11.8. The van der Waals surface area contributed by atoms with Crippen LogP contribution >= 0.6 is 0 Å². The third-order valence-corrected chi connectivity index (χ3v) is 4.40. The monoisotopic (exact) mass is 361 g/mol. The smallest absolute Gasteiger partial charge is 0.238 e. The van der Waals surface area contributed by atoms with Crippen molar-refractivity contribution in [2.45, 2.75) is 52.9 Å². The fraction of sp³-hybridized carbons (Fsp3) is 0.619. The molecule has 5 nitrogen and oxygen atoms in total. The minimum atomic E-state index is -0.0694. The van der Waals surface area contributed by atoms with E-state index in [0.717, 1.165) is 29.8 Å². The quantitative estimate of drug-likeness (QED) is 0.730. The molecule has 0 radical (unpaired) electrons. The Bertz CT molecular complexity index is 583. The zero-order valence-electron chi connectivity index (χ0n) is 17.4. The average Bonchev–Trinajstić information content (AvgIpc) is 2.54. The summed E-state index contributed by atoms with van der Waals surface area (Å²) in [5, 5.41) is 3.13. The lowest BCUT2D eigenvalue weighted by molar-refractivity contribution is -0.130. The van der Waals surface area contributed by atoms with Crippen molar-refractivity contribution in [1.29, 1.82) is 0 Å². The molecule has 0 unspecified atom stereocenters. The highest BCUT2D eigenvalue weighted by molar-refractivity contribution is 5.94. The first-order valence-corrected chi connectivity index (χ1v) is 9.52. The van der Waals surface area contributed by atoms with E-state index in [0.29, 0.717) is 11.8 Å². The van der Waals surface area contributed by atoms with Crippen molar-refractivity contribution < 1.29 is 9.59 Å². The van der Waals surface area contributed by atoms with E-state index in [1.54, 1.807) is 19.0 Å². The molecule has 0 spiro atoms. The standard InChI is InChI=1S/C21H35N3O2/c1-8-12-24(14-20(26)23(6)7)13-19(25)22-21-17(15(2)3)10-9-11-18(21)16(4)5/h9-11,15-16H,8,12-14H2,1-7H3,(H,22,25). The summed E-state index contributed by atoms with van der Waals surface area (Å²) in [5.74, 6) is 0.592. The molecule has 0 fully saturated rings. The van der Waals surface area contributed by atoms with E-state index < -0.39 is 0 Å². The lowest BCUT2D eigenvalue weighted by Gasteiger charge is -2.24. The van der Waals surface area contributed by atoms with Crippen molar-refractivity contribution in [3.8, 4) is 0 Å². The van der Waals surface area contributed by atoms with Gasteiger partial charge >= 0.3 is 0 Å². The molecule has 0 saturated carbocycles. The van der Waals surface area contributed by atoms with E-state index in [1.165, 1.54) is 0 Å². The number of rotatable bonds is 9. The van der Waals surface area contributed by atoms with E-state index in [-0.39, 0.29) is 24.9 Å². The second kappa shape index (κ2) is 10.3. The third-order valence-electron chi connectivity index (χ3n) is 4.40. The van der Waals surface area contributed by atoms with Crippen molar-refractivity contribution in [2.24, 2.45) is 0 Å². The van der Waals surface area contributed by atoms with Crippen LogP contribution in [0.3, 0.4) is 0 Å².